The van der Waals surface area contributed by atoms with Gasteiger partial charge in [0.15, 0.2) is 11.2 Å². The number of thioether (sulfide) groups is 1. The van der Waals surface area contributed by atoms with Crippen LogP contribution in [0.4, 0.5) is 9.93 Å². The fraction of sp³-hybridized carbons (Fsp3) is 0.286. The molecule has 0 bridgehead atoms. The minimum absolute atomic E-state index is 0.131. The van der Waals surface area contributed by atoms with E-state index < -0.39 is 41.1 Å². The first kappa shape index (κ1) is 26.8. The number of nitrogens with two attached hydrogens (primary N) is 1. The van der Waals surface area contributed by atoms with Crippen molar-refractivity contribution in [3.63, 3.8) is 0 Å². The van der Waals surface area contributed by atoms with Crippen molar-refractivity contribution in [3.8, 4) is 0 Å². The summed E-state index contributed by atoms with van der Waals surface area (Å²) in [5, 5.41) is 2.51. The lowest BCUT2D eigenvalue weighted by Gasteiger charge is -2.49. The van der Waals surface area contributed by atoms with Crippen LogP contribution in [0.2, 0.25) is 0 Å². The van der Waals surface area contributed by atoms with E-state index in [-0.39, 0.29) is 5.70 Å². The smallest absolute Gasteiger partial charge is 0.408 e. The molecule has 2 unspecified atom stereocenters. The third kappa shape index (κ3) is 5.64. The number of carbonyl (C=O) groups excluding carboxylic acids is 3. The largest absolute Gasteiger partial charge is 0.448 e. The molecular formula is C28H28N4O5S2. The molecule has 2 aromatic carbocycles. The first-order valence-corrected chi connectivity index (χ1v) is 14.2. The third-order valence-corrected chi connectivity index (χ3v) is 8.25. The van der Waals surface area contributed by atoms with Crippen molar-refractivity contribution in [2.75, 3.05) is 11.5 Å². The molecule has 11 heteroatoms. The molecule has 2 atom stereocenters. The van der Waals surface area contributed by atoms with Crippen molar-refractivity contribution in [2.24, 2.45) is 0 Å². The van der Waals surface area contributed by atoms with Crippen molar-refractivity contribution < 1.29 is 23.9 Å². The molecule has 202 valence electrons. The number of rotatable bonds is 6. The maximum Gasteiger partial charge on any atom is 0.408 e. The normalized spacial score (nSPS) is 18.9. The number of carbonyl (C=O) groups is 3. The zero-order valence-electron chi connectivity index (χ0n) is 21.6. The van der Waals surface area contributed by atoms with Crippen molar-refractivity contribution in [1.29, 1.82) is 0 Å². The molecule has 5 rings (SSSR count). The summed E-state index contributed by atoms with van der Waals surface area (Å²) in [6.45, 7) is 5.24. The van der Waals surface area contributed by atoms with Gasteiger partial charge in [0, 0.05) is 17.5 Å². The van der Waals surface area contributed by atoms with Crippen LogP contribution in [0.5, 0.6) is 0 Å². The van der Waals surface area contributed by atoms with E-state index in [2.05, 4.69) is 10.3 Å². The number of ether oxygens (including phenoxy) is 2. The van der Waals surface area contributed by atoms with Crippen LogP contribution in [0.3, 0.4) is 0 Å². The number of nitrogens with zero attached hydrogens (tertiary/aromatic N) is 2. The van der Waals surface area contributed by atoms with Gasteiger partial charge >= 0.3 is 12.1 Å². The topological polar surface area (TPSA) is 124 Å². The highest BCUT2D eigenvalue weighted by atomic mass is 32.2. The summed E-state index contributed by atoms with van der Waals surface area (Å²) in [6.07, 6.45) is 0.208. The Morgan fingerprint density at radius 1 is 1.08 bits per heavy atom. The third-order valence-electron chi connectivity index (χ3n) is 6.08. The summed E-state index contributed by atoms with van der Waals surface area (Å²) in [5.41, 5.74) is 7.51. The molecule has 9 nitrogen and oxygen atoms in total. The summed E-state index contributed by atoms with van der Waals surface area (Å²) >= 11 is 2.67. The van der Waals surface area contributed by atoms with Gasteiger partial charge in [0.2, 0.25) is 0 Å². The van der Waals surface area contributed by atoms with Gasteiger partial charge in [0.05, 0.1) is 4.88 Å². The Morgan fingerprint density at radius 3 is 2.23 bits per heavy atom. The van der Waals surface area contributed by atoms with E-state index in [1.807, 2.05) is 60.7 Å². The van der Waals surface area contributed by atoms with E-state index in [0.29, 0.717) is 21.3 Å². The first-order chi connectivity index (χ1) is 18.6. The van der Waals surface area contributed by atoms with Crippen molar-refractivity contribution in [3.05, 3.63) is 88.6 Å². The maximum atomic E-state index is 14.0. The number of esters is 1. The number of hydrogen-bond donors (Lipinski definition) is 2. The SMILES string of the molecule is CC(C)(C)OC(=O)NC1C(=O)N2C(C(=O)OC(c3ccccc3)c3ccccc3)=C(c3cnc(N)s3)CSC12. The van der Waals surface area contributed by atoms with Gasteiger partial charge in [-0.3, -0.25) is 9.69 Å². The van der Waals surface area contributed by atoms with E-state index in [0.717, 1.165) is 11.1 Å². The molecule has 1 fully saturated rings. The highest BCUT2D eigenvalue weighted by molar-refractivity contribution is 8.00. The number of anilines is 1. The average Bonchev–Trinajstić information content (AvgIpc) is 3.35. The second-order valence-electron chi connectivity index (χ2n) is 10.0. The van der Waals surface area contributed by atoms with Gasteiger partial charge in [-0.05, 0) is 31.9 Å². The molecule has 2 aliphatic rings. The average molecular weight is 565 g/mol. The second kappa shape index (κ2) is 10.7. The predicted molar refractivity (Wildman–Crippen MR) is 151 cm³/mol. The Hall–Kier alpha value is -3.83. The molecule has 2 amide bonds. The number of aromatic nitrogens is 1. The summed E-state index contributed by atoms with van der Waals surface area (Å²) in [4.78, 5) is 46.0. The van der Waals surface area contributed by atoms with Crippen molar-refractivity contribution in [2.45, 2.75) is 43.9 Å². The van der Waals surface area contributed by atoms with Crippen molar-refractivity contribution in [1.82, 2.24) is 15.2 Å². The van der Waals surface area contributed by atoms with Crippen LogP contribution >= 0.6 is 23.1 Å². The van der Waals surface area contributed by atoms with Crippen LogP contribution in [0.1, 0.15) is 42.9 Å². The standard InChI is InChI=1S/C28H28N4O5S2/c1-28(2,3)37-27(35)31-20-23(33)32-21(18(15-38-24(20)32)19-14-30-26(29)39-19)25(34)36-22(16-10-6-4-7-11-16)17-12-8-5-9-13-17/h4-14,20,22,24H,15H2,1-3H3,(H2,29,30)(H,31,35). The number of nitrogen functional groups attached to an aromatic ring is 1. The van der Waals surface area contributed by atoms with Crippen LogP contribution in [0.25, 0.3) is 5.57 Å². The number of β-lactam (4-membered cyclic amide) rings is 1. The van der Waals surface area contributed by atoms with Gasteiger partial charge in [-0.2, -0.15) is 0 Å². The fourth-order valence-electron chi connectivity index (χ4n) is 4.41. The van der Waals surface area contributed by atoms with Gasteiger partial charge in [0.1, 0.15) is 22.7 Å². The van der Waals surface area contributed by atoms with Crippen LogP contribution < -0.4 is 11.1 Å². The Morgan fingerprint density at radius 2 is 1.69 bits per heavy atom. The maximum absolute atomic E-state index is 14.0. The molecule has 3 heterocycles. The Bertz CT molecular complexity index is 1380. The molecule has 0 radical (unpaired) electrons. The Labute approximate surface area is 234 Å². The zero-order valence-corrected chi connectivity index (χ0v) is 23.3. The van der Waals surface area contributed by atoms with Crippen LogP contribution in [0.15, 0.2) is 72.6 Å². The summed E-state index contributed by atoms with van der Waals surface area (Å²) in [5.74, 6) is -0.672. The minimum atomic E-state index is -0.834. The highest BCUT2D eigenvalue weighted by Gasteiger charge is 2.55. The minimum Gasteiger partial charge on any atom is -0.448 e. The van der Waals surface area contributed by atoms with Crippen LogP contribution in [-0.2, 0) is 19.1 Å². The first-order valence-electron chi connectivity index (χ1n) is 12.3. The quantitative estimate of drug-likeness (QED) is 0.330. The van der Waals surface area contributed by atoms with Gasteiger partial charge in [-0.15, -0.1) is 11.8 Å². The highest BCUT2D eigenvalue weighted by Crippen LogP contribution is 2.45. The fourth-order valence-corrected chi connectivity index (χ4v) is 6.59. The lowest BCUT2D eigenvalue weighted by atomic mass is 10.0. The molecule has 3 aromatic rings. The molecule has 0 spiro atoms. The summed E-state index contributed by atoms with van der Waals surface area (Å²) in [6, 6.07) is 18.0. The molecule has 1 saturated heterocycles. The molecule has 0 aliphatic carbocycles. The Kier molecular flexibility index (Phi) is 7.37. The predicted octanol–water partition coefficient (Wildman–Crippen LogP) is 4.58. The van der Waals surface area contributed by atoms with E-state index in [1.54, 1.807) is 27.0 Å². The summed E-state index contributed by atoms with van der Waals surface area (Å²) < 4.78 is 11.5. The Balaban J connectivity index is 1.48. The summed E-state index contributed by atoms with van der Waals surface area (Å²) in [7, 11) is 0. The number of hydrogen-bond acceptors (Lipinski definition) is 9. The molecular weight excluding hydrogens is 536 g/mol. The van der Waals surface area contributed by atoms with Gasteiger partial charge in [-0.25, -0.2) is 14.6 Å². The van der Waals surface area contributed by atoms with E-state index in [9.17, 15) is 14.4 Å². The number of thiazole rings is 1. The molecule has 0 saturated carbocycles. The van der Waals surface area contributed by atoms with Gasteiger partial charge < -0.3 is 20.5 Å². The lowest BCUT2D eigenvalue weighted by molar-refractivity contribution is -0.153. The van der Waals surface area contributed by atoms with E-state index in [4.69, 9.17) is 15.2 Å². The second-order valence-corrected chi connectivity index (χ2v) is 12.2. The lowest BCUT2D eigenvalue weighted by Crippen LogP contribution is -2.70. The number of fused-ring (bicyclic) bond motifs is 1. The van der Waals surface area contributed by atoms with Crippen LogP contribution in [-0.4, -0.2) is 50.6 Å². The monoisotopic (exact) mass is 564 g/mol. The van der Waals surface area contributed by atoms with Gasteiger partial charge in [0.25, 0.3) is 5.91 Å². The zero-order chi connectivity index (χ0) is 27.7. The van der Waals surface area contributed by atoms with Crippen LogP contribution in [0, 0.1) is 0 Å². The van der Waals surface area contributed by atoms with Crippen molar-refractivity contribution >= 4 is 51.8 Å². The molecule has 3 N–H and O–H groups in total. The molecule has 39 heavy (non-hydrogen) atoms. The van der Waals surface area contributed by atoms with Gasteiger partial charge in [-0.1, -0.05) is 72.0 Å². The number of benzene rings is 2. The molecule has 1 aromatic heterocycles. The van der Waals surface area contributed by atoms with E-state index in [1.165, 1.54) is 28.0 Å². The van der Waals surface area contributed by atoms with E-state index >= 15 is 0 Å². The molecule has 2 aliphatic heterocycles. The number of nitrogens with one attached hydrogen (secondary N) is 1. The number of amides is 2. The number of alkyl carbamates (subject to hydrolysis) is 1.